The molecule has 0 spiro atoms. The number of carbonyl (C=O) groups is 1. The molecule has 0 radical (unpaired) electrons. The maximum atomic E-state index is 12.0. The van der Waals surface area contributed by atoms with Crippen molar-refractivity contribution < 1.29 is 9.63 Å². The molecule has 0 fully saturated rings. The van der Waals surface area contributed by atoms with Crippen LogP contribution in [0.25, 0.3) is 5.69 Å². The van der Waals surface area contributed by atoms with Gasteiger partial charge >= 0.3 is 5.69 Å². The average molecular weight is 417 g/mol. The fourth-order valence-corrected chi connectivity index (χ4v) is 2.46. The second kappa shape index (κ2) is 7.49. The molecular formula is C13H16IN5O3. The van der Waals surface area contributed by atoms with E-state index in [2.05, 4.69) is 38.5 Å². The third-order valence-electron chi connectivity index (χ3n) is 2.92. The normalized spacial score (nSPS) is 10.7. The molecule has 0 unspecified atom stereocenters. The van der Waals surface area contributed by atoms with Crippen molar-refractivity contribution in [1.29, 1.82) is 0 Å². The molecule has 1 aromatic heterocycles. The number of hydrogen-bond acceptors (Lipinski definition) is 5. The van der Waals surface area contributed by atoms with Crippen LogP contribution < -0.4 is 11.2 Å². The van der Waals surface area contributed by atoms with Gasteiger partial charge in [-0.15, -0.1) is 0 Å². The molecule has 2 aromatic rings. The number of nitrogens with zero attached hydrogens (tertiary/aromatic N) is 4. The number of rotatable bonds is 6. The van der Waals surface area contributed by atoms with E-state index >= 15 is 0 Å². The lowest BCUT2D eigenvalue weighted by molar-refractivity contribution is -0.134. The summed E-state index contributed by atoms with van der Waals surface area (Å²) in [4.78, 5) is 28.6. The lowest BCUT2D eigenvalue weighted by Crippen LogP contribution is -2.25. The molecule has 22 heavy (non-hydrogen) atoms. The van der Waals surface area contributed by atoms with Crippen LogP contribution in [-0.4, -0.2) is 25.7 Å². The molecule has 1 aromatic carbocycles. The first kappa shape index (κ1) is 16.6. The van der Waals surface area contributed by atoms with Gasteiger partial charge in [0.25, 0.3) is 0 Å². The Balaban J connectivity index is 2.22. The second-order valence-electron chi connectivity index (χ2n) is 4.60. The monoisotopic (exact) mass is 417 g/mol. The summed E-state index contributed by atoms with van der Waals surface area (Å²) in [6, 6.07) is 5.46. The molecule has 1 amide bonds. The maximum Gasteiger partial charge on any atom is 0.368 e. The van der Waals surface area contributed by atoms with Gasteiger partial charge in [-0.25, -0.2) is 10.3 Å². The van der Waals surface area contributed by atoms with E-state index in [1.165, 1.54) is 11.7 Å². The Morgan fingerprint density at radius 3 is 2.82 bits per heavy atom. The Bertz CT molecular complexity index is 725. The highest BCUT2D eigenvalue weighted by Crippen LogP contribution is 2.19. The van der Waals surface area contributed by atoms with Gasteiger partial charge in [0.1, 0.15) is 6.61 Å². The molecule has 0 saturated heterocycles. The standard InChI is InChI=1S/C13H16IN5O3/c1-3-5-12(20)15-22-8-9-10(14)6-4-7-11(9)19-13(21)18(2)16-17-19/h4,6-7H,3,5,8H2,1-2H3,(H,15,20). The van der Waals surface area contributed by atoms with Crippen LogP contribution in [0.5, 0.6) is 0 Å². The zero-order chi connectivity index (χ0) is 16.1. The molecule has 0 aliphatic carbocycles. The number of tetrazole rings is 1. The van der Waals surface area contributed by atoms with Gasteiger partial charge in [-0.3, -0.25) is 9.63 Å². The smallest absolute Gasteiger partial charge is 0.273 e. The summed E-state index contributed by atoms with van der Waals surface area (Å²) in [6.07, 6.45) is 1.15. The summed E-state index contributed by atoms with van der Waals surface area (Å²) in [7, 11) is 1.53. The molecule has 0 aliphatic heterocycles. The van der Waals surface area contributed by atoms with E-state index in [4.69, 9.17) is 4.84 Å². The van der Waals surface area contributed by atoms with Crippen molar-refractivity contribution in [2.24, 2.45) is 7.05 Å². The summed E-state index contributed by atoms with van der Waals surface area (Å²) in [6.45, 7) is 2.05. The SMILES string of the molecule is CCCC(=O)NOCc1c(I)cccc1-n1nnn(C)c1=O. The molecule has 0 bridgehead atoms. The van der Waals surface area contributed by atoms with Crippen molar-refractivity contribution in [1.82, 2.24) is 25.3 Å². The van der Waals surface area contributed by atoms with Crippen LogP contribution in [0, 0.1) is 3.57 Å². The van der Waals surface area contributed by atoms with E-state index in [0.29, 0.717) is 12.1 Å². The van der Waals surface area contributed by atoms with Crippen LogP contribution in [0.1, 0.15) is 25.3 Å². The number of hydrogen-bond donors (Lipinski definition) is 1. The van der Waals surface area contributed by atoms with E-state index in [1.54, 1.807) is 6.07 Å². The first-order valence-corrected chi connectivity index (χ1v) is 7.80. The minimum Gasteiger partial charge on any atom is -0.273 e. The lowest BCUT2D eigenvalue weighted by Gasteiger charge is -2.11. The topological polar surface area (TPSA) is 91.0 Å². The summed E-state index contributed by atoms with van der Waals surface area (Å²) >= 11 is 2.14. The number of hydroxylamine groups is 1. The van der Waals surface area contributed by atoms with Crippen LogP contribution in [0.2, 0.25) is 0 Å². The molecule has 9 heteroatoms. The zero-order valence-electron chi connectivity index (χ0n) is 12.2. The first-order chi connectivity index (χ1) is 10.5. The number of halogens is 1. The van der Waals surface area contributed by atoms with Crippen molar-refractivity contribution in [3.05, 3.63) is 37.8 Å². The summed E-state index contributed by atoms with van der Waals surface area (Å²) in [5.41, 5.74) is 3.37. The Morgan fingerprint density at radius 2 is 2.18 bits per heavy atom. The van der Waals surface area contributed by atoms with Crippen LogP contribution in [-0.2, 0) is 23.3 Å². The van der Waals surface area contributed by atoms with E-state index in [0.717, 1.165) is 20.2 Å². The van der Waals surface area contributed by atoms with Gasteiger partial charge in [0.15, 0.2) is 0 Å². The third-order valence-corrected chi connectivity index (χ3v) is 3.93. The molecule has 0 atom stereocenters. The molecule has 2 rings (SSSR count). The predicted molar refractivity (Wildman–Crippen MR) is 87.2 cm³/mol. The van der Waals surface area contributed by atoms with Crippen LogP contribution in [0.4, 0.5) is 0 Å². The number of benzene rings is 1. The van der Waals surface area contributed by atoms with Crippen molar-refractivity contribution >= 4 is 28.5 Å². The van der Waals surface area contributed by atoms with Crippen molar-refractivity contribution in [3.8, 4) is 5.69 Å². The summed E-state index contributed by atoms with van der Waals surface area (Å²) < 4.78 is 3.25. The van der Waals surface area contributed by atoms with Crippen molar-refractivity contribution in [2.75, 3.05) is 0 Å². The minimum atomic E-state index is -0.349. The number of carbonyl (C=O) groups excluding carboxylic acids is 1. The maximum absolute atomic E-state index is 12.0. The van der Waals surface area contributed by atoms with Gasteiger partial charge in [-0.1, -0.05) is 13.0 Å². The Labute approximate surface area is 140 Å². The fraction of sp³-hybridized carbons (Fsp3) is 0.385. The van der Waals surface area contributed by atoms with Gasteiger partial charge < -0.3 is 0 Å². The van der Waals surface area contributed by atoms with E-state index in [9.17, 15) is 9.59 Å². The quantitative estimate of drug-likeness (QED) is 0.558. The molecule has 8 nitrogen and oxygen atoms in total. The van der Waals surface area contributed by atoms with Crippen molar-refractivity contribution in [3.63, 3.8) is 0 Å². The molecule has 1 N–H and O–H groups in total. The number of aryl methyl sites for hydroxylation is 1. The third kappa shape index (κ3) is 3.71. The molecular weight excluding hydrogens is 401 g/mol. The highest BCUT2D eigenvalue weighted by molar-refractivity contribution is 14.1. The first-order valence-electron chi connectivity index (χ1n) is 6.72. The predicted octanol–water partition coefficient (Wildman–Crippen LogP) is 0.919. The van der Waals surface area contributed by atoms with Crippen molar-refractivity contribution in [2.45, 2.75) is 26.4 Å². The largest absolute Gasteiger partial charge is 0.368 e. The highest BCUT2D eigenvalue weighted by Gasteiger charge is 2.14. The molecule has 0 saturated carbocycles. The Kier molecular flexibility index (Phi) is 5.66. The molecule has 1 heterocycles. The minimum absolute atomic E-state index is 0.132. The van der Waals surface area contributed by atoms with Gasteiger partial charge in [0, 0.05) is 22.6 Å². The van der Waals surface area contributed by atoms with E-state index in [-0.39, 0.29) is 18.2 Å². The number of nitrogens with one attached hydrogen (secondary N) is 1. The fourth-order valence-electron chi connectivity index (χ4n) is 1.82. The average Bonchev–Trinajstić information content (AvgIpc) is 2.81. The van der Waals surface area contributed by atoms with Gasteiger partial charge in [-0.2, -0.15) is 9.36 Å². The van der Waals surface area contributed by atoms with Crippen LogP contribution in [0.15, 0.2) is 23.0 Å². The van der Waals surface area contributed by atoms with E-state index in [1.807, 2.05) is 19.1 Å². The highest BCUT2D eigenvalue weighted by atomic mass is 127. The van der Waals surface area contributed by atoms with Gasteiger partial charge in [0.2, 0.25) is 5.91 Å². The van der Waals surface area contributed by atoms with Crippen LogP contribution in [0.3, 0.4) is 0 Å². The van der Waals surface area contributed by atoms with Gasteiger partial charge in [-0.05, 0) is 51.6 Å². The number of aromatic nitrogens is 4. The second-order valence-corrected chi connectivity index (χ2v) is 5.76. The van der Waals surface area contributed by atoms with Crippen LogP contribution >= 0.6 is 22.6 Å². The Hall–Kier alpha value is -1.75. The molecule has 0 aliphatic rings. The Morgan fingerprint density at radius 1 is 1.41 bits per heavy atom. The van der Waals surface area contributed by atoms with E-state index < -0.39 is 0 Å². The summed E-state index contributed by atoms with van der Waals surface area (Å²) in [5, 5.41) is 7.53. The summed E-state index contributed by atoms with van der Waals surface area (Å²) in [5.74, 6) is -0.174. The number of amides is 1. The van der Waals surface area contributed by atoms with Gasteiger partial charge in [0.05, 0.1) is 5.69 Å². The zero-order valence-corrected chi connectivity index (χ0v) is 14.4. The molecule has 118 valence electrons. The lowest BCUT2D eigenvalue weighted by atomic mass is 10.2.